The third kappa shape index (κ3) is 2.82. The minimum Gasteiger partial charge on any atom is -0.503 e. The van der Waals surface area contributed by atoms with Crippen LogP contribution in [0.3, 0.4) is 0 Å². The number of hydrogen-bond donors (Lipinski definition) is 1. The molecule has 0 radical (unpaired) electrons. The van der Waals surface area contributed by atoms with Crippen LogP contribution in [0.4, 0.5) is 5.69 Å². The first-order valence-electron chi connectivity index (χ1n) is 7.94. The van der Waals surface area contributed by atoms with Crippen molar-refractivity contribution in [1.29, 1.82) is 0 Å². The topological polar surface area (TPSA) is 66.8 Å². The second-order valence-corrected chi connectivity index (χ2v) is 7.03. The highest BCUT2D eigenvalue weighted by Crippen LogP contribution is 2.45. The predicted octanol–water partition coefficient (Wildman–Crippen LogP) is 3.88. The van der Waals surface area contributed by atoms with Crippen LogP contribution in [-0.2, 0) is 9.59 Å². The van der Waals surface area contributed by atoms with Crippen LogP contribution < -0.4 is 9.64 Å². The summed E-state index contributed by atoms with van der Waals surface area (Å²) in [5.74, 6) is -1.13. The van der Waals surface area contributed by atoms with Gasteiger partial charge in [-0.25, -0.2) is 0 Å². The second-order valence-electron chi connectivity index (χ2n) is 6.05. The van der Waals surface area contributed by atoms with Gasteiger partial charge in [0.25, 0.3) is 5.91 Å². The molecular formula is C19H19NO4S. The number of hydrogen-bond acceptors (Lipinski definition) is 5. The van der Waals surface area contributed by atoms with Gasteiger partial charge in [-0.3, -0.25) is 14.5 Å². The Balaban J connectivity index is 2.19. The molecule has 1 aliphatic heterocycles. The average molecular weight is 357 g/mol. The third-order valence-corrected chi connectivity index (χ3v) is 5.08. The molecule has 0 fully saturated rings. The van der Waals surface area contributed by atoms with E-state index in [1.807, 2.05) is 17.5 Å². The number of para-hydroxylation sites is 2. The molecule has 0 saturated carbocycles. The Kier molecular flexibility index (Phi) is 4.63. The van der Waals surface area contributed by atoms with Crippen LogP contribution in [0.2, 0.25) is 0 Å². The molecule has 0 bridgehead atoms. The quantitative estimate of drug-likeness (QED) is 0.882. The highest BCUT2D eigenvalue weighted by molar-refractivity contribution is 7.10. The van der Waals surface area contributed by atoms with E-state index in [1.54, 1.807) is 38.1 Å². The van der Waals surface area contributed by atoms with Crippen LogP contribution in [0, 0.1) is 5.92 Å². The van der Waals surface area contributed by atoms with E-state index in [0.29, 0.717) is 11.4 Å². The lowest BCUT2D eigenvalue weighted by Gasteiger charge is -2.27. The Morgan fingerprint density at radius 3 is 2.56 bits per heavy atom. The van der Waals surface area contributed by atoms with Crippen LogP contribution in [0.15, 0.2) is 53.1 Å². The Labute approximate surface area is 150 Å². The average Bonchev–Trinajstić information content (AvgIpc) is 3.22. The first-order chi connectivity index (χ1) is 12.0. The number of Topliss-reactive ketones (excluding diaryl/α,β-unsaturated/α-hetero) is 1. The molecule has 1 aliphatic rings. The zero-order valence-electron chi connectivity index (χ0n) is 14.2. The van der Waals surface area contributed by atoms with E-state index in [9.17, 15) is 14.7 Å². The van der Waals surface area contributed by atoms with Gasteiger partial charge < -0.3 is 9.84 Å². The Morgan fingerprint density at radius 2 is 1.96 bits per heavy atom. The van der Waals surface area contributed by atoms with E-state index in [1.165, 1.54) is 23.3 Å². The molecule has 1 atom stereocenters. The predicted molar refractivity (Wildman–Crippen MR) is 97.0 cm³/mol. The highest BCUT2D eigenvalue weighted by Gasteiger charge is 2.45. The van der Waals surface area contributed by atoms with Gasteiger partial charge in [0.05, 0.1) is 18.4 Å². The lowest BCUT2D eigenvalue weighted by Crippen LogP contribution is -2.31. The molecule has 0 saturated heterocycles. The van der Waals surface area contributed by atoms with Gasteiger partial charge in [0.2, 0.25) is 0 Å². The first kappa shape index (κ1) is 17.2. The molecule has 5 nitrogen and oxygen atoms in total. The monoisotopic (exact) mass is 357 g/mol. The van der Waals surface area contributed by atoms with Crippen molar-refractivity contribution >= 4 is 28.7 Å². The largest absolute Gasteiger partial charge is 0.503 e. The number of carbonyl (C=O) groups is 2. The summed E-state index contributed by atoms with van der Waals surface area (Å²) in [6.45, 7) is 3.51. The lowest BCUT2D eigenvalue weighted by molar-refractivity contribution is -0.119. The van der Waals surface area contributed by atoms with Crippen molar-refractivity contribution in [3.8, 4) is 5.75 Å². The van der Waals surface area contributed by atoms with Gasteiger partial charge in [-0.15, -0.1) is 11.3 Å². The zero-order chi connectivity index (χ0) is 18.1. The molecule has 1 amide bonds. The Morgan fingerprint density at radius 1 is 1.24 bits per heavy atom. The SMILES string of the molecule is COc1ccccc1N1C(=O)C(O)=C(C(=O)C(C)C)C1c1cccs1. The van der Waals surface area contributed by atoms with E-state index in [2.05, 4.69) is 0 Å². The summed E-state index contributed by atoms with van der Waals surface area (Å²) in [5, 5.41) is 12.4. The maximum absolute atomic E-state index is 12.8. The van der Waals surface area contributed by atoms with Crippen molar-refractivity contribution in [3.05, 3.63) is 58.0 Å². The minimum atomic E-state index is -0.654. The summed E-state index contributed by atoms with van der Waals surface area (Å²) in [5.41, 5.74) is 0.667. The number of benzene rings is 1. The standard InChI is InChI=1S/C19H19NO4S/c1-11(2)17(21)15-16(14-9-6-10-25-14)20(19(23)18(15)22)12-7-4-5-8-13(12)24-3/h4-11,16,22H,1-3H3. The summed E-state index contributed by atoms with van der Waals surface area (Å²) in [4.78, 5) is 27.8. The van der Waals surface area contributed by atoms with E-state index in [4.69, 9.17) is 4.74 Å². The van der Waals surface area contributed by atoms with Gasteiger partial charge in [-0.2, -0.15) is 0 Å². The van der Waals surface area contributed by atoms with Gasteiger partial charge in [0.1, 0.15) is 11.8 Å². The summed E-state index contributed by atoms with van der Waals surface area (Å²) in [6, 6.07) is 10.1. The van der Waals surface area contributed by atoms with Gasteiger partial charge >= 0.3 is 0 Å². The van der Waals surface area contributed by atoms with Crippen LogP contribution in [-0.4, -0.2) is 23.9 Å². The lowest BCUT2D eigenvalue weighted by atomic mass is 9.94. The number of rotatable bonds is 5. The number of carbonyl (C=O) groups excluding carboxylic acids is 2. The van der Waals surface area contributed by atoms with Crippen LogP contribution in [0.5, 0.6) is 5.75 Å². The minimum absolute atomic E-state index is 0.147. The number of amides is 1. The fourth-order valence-corrected chi connectivity index (χ4v) is 3.78. The van der Waals surface area contributed by atoms with Crippen LogP contribution in [0.1, 0.15) is 24.8 Å². The molecule has 3 rings (SSSR count). The summed E-state index contributed by atoms with van der Waals surface area (Å²) in [6.07, 6.45) is 0. The van der Waals surface area contributed by atoms with Crippen molar-refractivity contribution in [3.63, 3.8) is 0 Å². The molecule has 0 spiro atoms. The summed E-state index contributed by atoms with van der Waals surface area (Å²) < 4.78 is 5.37. The van der Waals surface area contributed by atoms with E-state index in [0.717, 1.165) is 4.88 Å². The number of methoxy groups -OCH3 is 1. The molecule has 1 aromatic carbocycles. The number of aliphatic hydroxyl groups is 1. The molecule has 25 heavy (non-hydrogen) atoms. The van der Waals surface area contributed by atoms with Gasteiger partial charge in [-0.1, -0.05) is 32.0 Å². The van der Waals surface area contributed by atoms with Crippen molar-refractivity contribution in [2.75, 3.05) is 12.0 Å². The van der Waals surface area contributed by atoms with E-state index >= 15 is 0 Å². The highest BCUT2D eigenvalue weighted by atomic mass is 32.1. The van der Waals surface area contributed by atoms with E-state index in [-0.39, 0.29) is 17.3 Å². The molecule has 1 N–H and O–H groups in total. The van der Waals surface area contributed by atoms with Gasteiger partial charge in [0.15, 0.2) is 11.5 Å². The maximum Gasteiger partial charge on any atom is 0.294 e. The Hall–Kier alpha value is -2.60. The smallest absolute Gasteiger partial charge is 0.294 e. The normalized spacial score (nSPS) is 17.5. The third-order valence-electron chi connectivity index (χ3n) is 4.16. The van der Waals surface area contributed by atoms with Crippen LogP contribution >= 0.6 is 11.3 Å². The Bertz CT molecular complexity index is 839. The molecule has 2 heterocycles. The van der Waals surface area contributed by atoms with Crippen LogP contribution in [0.25, 0.3) is 0 Å². The second kappa shape index (κ2) is 6.72. The number of nitrogens with zero attached hydrogens (tertiary/aromatic N) is 1. The molecule has 130 valence electrons. The van der Waals surface area contributed by atoms with Crippen molar-refractivity contribution in [2.45, 2.75) is 19.9 Å². The summed E-state index contributed by atoms with van der Waals surface area (Å²) in [7, 11) is 1.52. The molecule has 1 unspecified atom stereocenters. The number of ether oxygens (including phenoxy) is 1. The van der Waals surface area contributed by atoms with E-state index < -0.39 is 17.7 Å². The van der Waals surface area contributed by atoms with Gasteiger partial charge in [-0.05, 0) is 23.6 Å². The zero-order valence-corrected chi connectivity index (χ0v) is 15.0. The number of thiophene rings is 1. The summed E-state index contributed by atoms with van der Waals surface area (Å²) >= 11 is 1.44. The molecule has 6 heteroatoms. The molecule has 1 aromatic heterocycles. The number of anilines is 1. The number of ketones is 1. The fourth-order valence-electron chi connectivity index (χ4n) is 2.96. The van der Waals surface area contributed by atoms with Gasteiger partial charge in [0, 0.05) is 10.8 Å². The fraction of sp³-hybridized carbons (Fsp3) is 0.263. The van der Waals surface area contributed by atoms with Crippen molar-refractivity contribution in [2.24, 2.45) is 5.92 Å². The molecule has 2 aromatic rings. The van der Waals surface area contributed by atoms with Crippen molar-refractivity contribution < 1.29 is 19.4 Å². The van der Waals surface area contributed by atoms with Crippen molar-refractivity contribution in [1.82, 2.24) is 0 Å². The molecule has 0 aliphatic carbocycles. The molecular weight excluding hydrogens is 338 g/mol. The maximum atomic E-state index is 12.8. The first-order valence-corrected chi connectivity index (χ1v) is 8.82. The number of aliphatic hydroxyl groups excluding tert-OH is 1.